The molecule has 7 nitrogen and oxygen atoms in total. The minimum atomic E-state index is -3.61. The van der Waals surface area contributed by atoms with Crippen molar-refractivity contribution < 1.29 is 23.1 Å². The zero-order chi connectivity index (χ0) is 11.5. The number of nitrogens with one attached hydrogen (secondary N) is 1. The van der Waals surface area contributed by atoms with Gasteiger partial charge >= 0.3 is 5.97 Å². The van der Waals surface area contributed by atoms with Crippen LogP contribution in [-0.4, -0.2) is 56.6 Å². The molecule has 0 amide bonds. The molecular formula is C7H14N2O5S. The first-order valence-corrected chi connectivity index (χ1v) is 5.90. The lowest BCUT2D eigenvalue weighted by Gasteiger charge is -2.11. The minimum absolute atomic E-state index is 0.0264. The Balaban J connectivity index is 2.54. The van der Waals surface area contributed by atoms with E-state index in [1.54, 1.807) is 0 Å². The van der Waals surface area contributed by atoms with Crippen molar-refractivity contribution in [2.45, 2.75) is 12.5 Å². The largest absolute Gasteiger partial charge is 0.480 e. The van der Waals surface area contributed by atoms with E-state index in [1.807, 2.05) is 0 Å². The second-order valence-corrected chi connectivity index (χ2v) is 4.92. The fourth-order valence-electron chi connectivity index (χ4n) is 1.32. The van der Waals surface area contributed by atoms with E-state index in [4.69, 9.17) is 9.84 Å². The van der Waals surface area contributed by atoms with E-state index in [1.165, 1.54) is 7.11 Å². The van der Waals surface area contributed by atoms with Gasteiger partial charge in [-0.2, -0.15) is 17.4 Å². The predicted molar refractivity (Wildman–Crippen MR) is 51.5 cm³/mol. The summed E-state index contributed by atoms with van der Waals surface area (Å²) < 4.78 is 30.7. The van der Waals surface area contributed by atoms with E-state index >= 15 is 0 Å². The second-order valence-electron chi connectivity index (χ2n) is 3.22. The molecular weight excluding hydrogens is 224 g/mol. The van der Waals surface area contributed by atoms with Gasteiger partial charge in [-0.05, 0) is 6.42 Å². The number of carboxylic acid groups (broad SMARTS) is 1. The molecule has 15 heavy (non-hydrogen) atoms. The van der Waals surface area contributed by atoms with E-state index < -0.39 is 22.2 Å². The predicted octanol–water partition coefficient (Wildman–Crippen LogP) is -1.37. The van der Waals surface area contributed by atoms with Gasteiger partial charge in [-0.1, -0.05) is 0 Å². The Bertz CT molecular complexity index is 328. The van der Waals surface area contributed by atoms with Crippen LogP contribution in [0.4, 0.5) is 0 Å². The molecule has 0 bridgehead atoms. The Morgan fingerprint density at radius 3 is 2.80 bits per heavy atom. The van der Waals surface area contributed by atoms with Crippen molar-refractivity contribution in [3.8, 4) is 0 Å². The van der Waals surface area contributed by atoms with Crippen molar-refractivity contribution in [3.63, 3.8) is 0 Å². The molecule has 0 saturated carbocycles. The highest BCUT2D eigenvalue weighted by Crippen LogP contribution is 2.10. The van der Waals surface area contributed by atoms with Crippen LogP contribution in [0.25, 0.3) is 0 Å². The molecule has 0 aromatic rings. The number of methoxy groups -OCH3 is 1. The molecule has 0 spiro atoms. The Morgan fingerprint density at radius 2 is 2.33 bits per heavy atom. The van der Waals surface area contributed by atoms with Crippen LogP contribution in [0, 0.1) is 0 Å². The Hall–Kier alpha value is -0.700. The number of ether oxygens (including phenoxy) is 1. The highest BCUT2D eigenvalue weighted by Gasteiger charge is 2.38. The SMILES string of the molecule is COCCCN1CC(C(=O)O)NS1(=O)=O. The average Bonchev–Trinajstić information content (AvgIpc) is 2.43. The zero-order valence-corrected chi connectivity index (χ0v) is 9.16. The lowest BCUT2D eigenvalue weighted by molar-refractivity contribution is -0.138. The summed E-state index contributed by atoms with van der Waals surface area (Å²) in [5.74, 6) is -1.16. The molecule has 1 aliphatic heterocycles. The number of carboxylic acids is 1. The minimum Gasteiger partial charge on any atom is -0.480 e. The highest BCUT2D eigenvalue weighted by atomic mass is 32.2. The highest BCUT2D eigenvalue weighted by molar-refractivity contribution is 7.87. The second kappa shape index (κ2) is 4.88. The molecule has 2 N–H and O–H groups in total. The summed E-state index contributed by atoms with van der Waals surface area (Å²) in [6.45, 7) is 0.693. The van der Waals surface area contributed by atoms with Gasteiger partial charge < -0.3 is 9.84 Å². The third-order valence-electron chi connectivity index (χ3n) is 2.07. The summed E-state index contributed by atoms with van der Waals surface area (Å²) in [6, 6.07) is -1.04. The number of hydrogen-bond donors (Lipinski definition) is 2. The molecule has 1 heterocycles. The molecule has 1 fully saturated rings. The fourth-order valence-corrected chi connectivity index (χ4v) is 2.72. The van der Waals surface area contributed by atoms with Crippen molar-refractivity contribution in [1.82, 2.24) is 9.03 Å². The van der Waals surface area contributed by atoms with Crippen molar-refractivity contribution in [3.05, 3.63) is 0 Å². The molecule has 0 aromatic heterocycles. The molecule has 0 radical (unpaired) electrons. The van der Waals surface area contributed by atoms with Crippen molar-refractivity contribution >= 4 is 16.2 Å². The monoisotopic (exact) mass is 238 g/mol. The summed E-state index contributed by atoms with van der Waals surface area (Å²) in [5, 5.41) is 8.66. The average molecular weight is 238 g/mol. The molecule has 1 saturated heterocycles. The van der Waals surface area contributed by atoms with Gasteiger partial charge in [0.2, 0.25) is 0 Å². The summed E-state index contributed by atoms with van der Waals surface area (Å²) in [5.41, 5.74) is 0. The quantitative estimate of drug-likeness (QED) is 0.576. The number of nitrogens with zero attached hydrogens (tertiary/aromatic N) is 1. The zero-order valence-electron chi connectivity index (χ0n) is 8.34. The molecule has 88 valence electrons. The van der Waals surface area contributed by atoms with Gasteiger partial charge in [0.25, 0.3) is 10.2 Å². The Morgan fingerprint density at radius 1 is 1.67 bits per heavy atom. The van der Waals surface area contributed by atoms with E-state index in [0.717, 1.165) is 4.31 Å². The number of carbonyl (C=O) groups is 1. The van der Waals surface area contributed by atoms with Gasteiger partial charge in [-0.25, -0.2) is 0 Å². The molecule has 1 aliphatic rings. The number of aliphatic carboxylic acids is 1. The van der Waals surface area contributed by atoms with Crippen LogP contribution >= 0.6 is 0 Å². The number of rotatable bonds is 5. The summed E-state index contributed by atoms with van der Waals surface area (Å²) >= 11 is 0. The standard InChI is InChI=1S/C7H14N2O5S/c1-14-4-2-3-9-5-6(7(10)11)8-15(9,12)13/h6,8H,2-5H2,1H3,(H,10,11). The normalized spacial score (nSPS) is 25.5. The fraction of sp³-hybridized carbons (Fsp3) is 0.857. The van der Waals surface area contributed by atoms with Gasteiger partial charge in [0, 0.05) is 26.8 Å². The van der Waals surface area contributed by atoms with E-state index in [9.17, 15) is 13.2 Å². The first-order valence-electron chi connectivity index (χ1n) is 4.46. The van der Waals surface area contributed by atoms with Gasteiger partial charge in [0.15, 0.2) is 0 Å². The summed E-state index contributed by atoms with van der Waals surface area (Å²) in [7, 11) is -2.09. The first kappa shape index (κ1) is 12.4. The lowest BCUT2D eigenvalue weighted by Crippen LogP contribution is -2.34. The van der Waals surface area contributed by atoms with Crippen LogP contribution in [0.2, 0.25) is 0 Å². The lowest BCUT2D eigenvalue weighted by atomic mass is 10.3. The van der Waals surface area contributed by atoms with Gasteiger partial charge in [0.1, 0.15) is 6.04 Å². The first-order chi connectivity index (χ1) is 6.97. The molecule has 1 rings (SSSR count). The maximum absolute atomic E-state index is 11.4. The van der Waals surface area contributed by atoms with Crippen LogP contribution < -0.4 is 4.72 Å². The molecule has 8 heteroatoms. The van der Waals surface area contributed by atoms with Crippen LogP contribution in [0.15, 0.2) is 0 Å². The van der Waals surface area contributed by atoms with Gasteiger partial charge in [-0.3, -0.25) is 4.79 Å². The van der Waals surface area contributed by atoms with Crippen molar-refractivity contribution in [2.24, 2.45) is 0 Å². The van der Waals surface area contributed by atoms with Crippen LogP contribution in [-0.2, 0) is 19.7 Å². The van der Waals surface area contributed by atoms with Crippen LogP contribution in [0.1, 0.15) is 6.42 Å². The van der Waals surface area contributed by atoms with Crippen molar-refractivity contribution in [2.75, 3.05) is 26.8 Å². The van der Waals surface area contributed by atoms with Crippen molar-refractivity contribution in [1.29, 1.82) is 0 Å². The smallest absolute Gasteiger partial charge is 0.323 e. The van der Waals surface area contributed by atoms with Crippen LogP contribution in [0.3, 0.4) is 0 Å². The third-order valence-corrected chi connectivity index (χ3v) is 3.67. The van der Waals surface area contributed by atoms with E-state index in [0.29, 0.717) is 13.0 Å². The van der Waals surface area contributed by atoms with Crippen LogP contribution in [0.5, 0.6) is 0 Å². The molecule has 1 unspecified atom stereocenters. The maximum atomic E-state index is 11.4. The Kier molecular flexibility index (Phi) is 4.03. The molecule has 0 aliphatic carbocycles. The topological polar surface area (TPSA) is 95.9 Å². The third kappa shape index (κ3) is 3.13. The Labute approximate surface area is 88.2 Å². The van der Waals surface area contributed by atoms with Gasteiger partial charge in [-0.15, -0.1) is 0 Å². The maximum Gasteiger partial charge on any atom is 0.323 e. The summed E-state index contributed by atoms with van der Waals surface area (Å²) in [6.07, 6.45) is 0.545. The number of hydrogen-bond acceptors (Lipinski definition) is 4. The van der Waals surface area contributed by atoms with Gasteiger partial charge in [0.05, 0.1) is 0 Å². The molecule has 1 atom stereocenters. The summed E-state index contributed by atoms with van der Waals surface area (Å²) in [4.78, 5) is 10.6. The molecule has 0 aromatic carbocycles. The van der Waals surface area contributed by atoms with E-state index in [2.05, 4.69) is 4.72 Å². The van der Waals surface area contributed by atoms with E-state index in [-0.39, 0.29) is 13.1 Å².